The van der Waals surface area contributed by atoms with Crippen LogP contribution in [0.2, 0.25) is 0 Å². The highest BCUT2D eigenvalue weighted by Gasteiger charge is 2.46. The van der Waals surface area contributed by atoms with Crippen LogP contribution in [0.15, 0.2) is 6.20 Å². The smallest absolute Gasteiger partial charge is 0.282 e. The molecule has 0 aromatic carbocycles. The van der Waals surface area contributed by atoms with Gasteiger partial charge in [0.25, 0.3) is 17.7 Å². The molecule has 1 aromatic rings. The van der Waals surface area contributed by atoms with E-state index in [2.05, 4.69) is 9.97 Å². The third-order valence-corrected chi connectivity index (χ3v) is 6.11. The summed E-state index contributed by atoms with van der Waals surface area (Å²) in [6, 6.07) is -0.154. The average Bonchev–Trinajstić information content (AvgIpc) is 3.37. The molecule has 3 fully saturated rings. The largest absolute Gasteiger partial charge is 0.475 e. The van der Waals surface area contributed by atoms with Crippen LogP contribution in [0.3, 0.4) is 0 Å². The lowest BCUT2D eigenvalue weighted by Crippen LogP contribution is -2.56. The predicted octanol–water partition coefficient (Wildman–Crippen LogP) is 2.21. The zero-order valence-electron chi connectivity index (χ0n) is 16.6. The van der Waals surface area contributed by atoms with E-state index in [1.807, 2.05) is 19.0 Å². The number of halogens is 2. The maximum absolute atomic E-state index is 13.3. The van der Waals surface area contributed by atoms with Gasteiger partial charge in [-0.3, -0.25) is 4.79 Å². The summed E-state index contributed by atoms with van der Waals surface area (Å²) >= 11 is 5.48. The molecular formula is C19H25F2N5O2S. The minimum Gasteiger partial charge on any atom is -0.475 e. The predicted molar refractivity (Wildman–Crippen MR) is 108 cm³/mol. The van der Waals surface area contributed by atoms with Crippen LogP contribution < -0.4 is 9.64 Å². The SMILES string of the molecule is CN(C)C(=S)[C@H]1CCCN1C(=O)c1cnc(N2CC(F)(F)C2)c(OCC2CC2)n1. The van der Waals surface area contributed by atoms with E-state index in [0.29, 0.717) is 24.1 Å². The molecule has 1 aromatic heterocycles. The third kappa shape index (κ3) is 4.26. The monoisotopic (exact) mass is 425 g/mol. The Balaban J connectivity index is 1.55. The van der Waals surface area contributed by atoms with Gasteiger partial charge in [0.05, 0.1) is 31.9 Å². The van der Waals surface area contributed by atoms with Gasteiger partial charge in [-0.25, -0.2) is 18.7 Å². The van der Waals surface area contributed by atoms with Crippen molar-refractivity contribution >= 4 is 28.9 Å². The van der Waals surface area contributed by atoms with Gasteiger partial charge in [0, 0.05) is 20.6 Å². The van der Waals surface area contributed by atoms with Gasteiger partial charge in [-0.15, -0.1) is 0 Å². The normalized spacial score (nSPS) is 23.0. The molecular weight excluding hydrogens is 400 g/mol. The number of likely N-dealkylation sites (tertiary alicyclic amines) is 1. The van der Waals surface area contributed by atoms with Crippen LogP contribution in [0.1, 0.15) is 36.2 Å². The molecule has 1 saturated carbocycles. The molecule has 7 nitrogen and oxygen atoms in total. The van der Waals surface area contributed by atoms with Crippen LogP contribution in [-0.4, -0.2) is 83.0 Å². The number of aromatic nitrogens is 2. The third-order valence-electron chi connectivity index (χ3n) is 5.48. The number of ether oxygens (including phenoxy) is 1. The Kier molecular flexibility index (Phi) is 5.30. The van der Waals surface area contributed by atoms with Gasteiger partial charge in [0.1, 0.15) is 4.99 Å². The van der Waals surface area contributed by atoms with Crippen LogP contribution in [0, 0.1) is 5.92 Å². The van der Waals surface area contributed by atoms with Crippen molar-refractivity contribution in [1.29, 1.82) is 0 Å². The van der Waals surface area contributed by atoms with Gasteiger partial charge in [-0.05, 0) is 31.6 Å². The first-order chi connectivity index (χ1) is 13.7. The van der Waals surface area contributed by atoms with Gasteiger partial charge in [0.15, 0.2) is 11.5 Å². The zero-order valence-corrected chi connectivity index (χ0v) is 17.4. The molecule has 3 heterocycles. The molecule has 0 bridgehead atoms. The number of thiocarbonyl (C=S) groups is 1. The first kappa shape index (κ1) is 20.2. The van der Waals surface area contributed by atoms with Crippen LogP contribution in [0.4, 0.5) is 14.6 Å². The molecule has 29 heavy (non-hydrogen) atoms. The second kappa shape index (κ2) is 7.62. The highest BCUT2D eigenvalue weighted by atomic mass is 32.1. The van der Waals surface area contributed by atoms with Crippen LogP contribution >= 0.6 is 12.2 Å². The fourth-order valence-electron chi connectivity index (χ4n) is 3.64. The summed E-state index contributed by atoms with van der Waals surface area (Å²) in [5.74, 6) is -2.10. The summed E-state index contributed by atoms with van der Waals surface area (Å²) in [4.78, 5) is 27.5. The summed E-state index contributed by atoms with van der Waals surface area (Å²) in [6.45, 7) is 0.221. The number of hydrogen-bond acceptors (Lipinski definition) is 6. The second-order valence-electron chi connectivity index (χ2n) is 8.24. The Bertz CT molecular complexity index is 810. The van der Waals surface area contributed by atoms with Crippen molar-refractivity contribution in [3.8, 4) is 5.88 Å². The topological polar surface area (TPSA) is 61.8 Å². The molecule has 1 amide bonds. The van der Waals surface area contributed by atoms with Crippen molar-refractivity contribution in [2.24, 2.45) is 5.92 Å². The Morgan fingerprint density at radius 2 is 2.07 bits per heavy atom. The van der Waals surface area contributed by atoms with Crippen LogP contribution in [0.5, 0.6) is 5.88 Å². The van der Waals surface area contributed by atoms with E-state index >= 15 is 0 Å². The number of hydrogen-bond donors (Lipinski definition) is 0. The molecule has 158 valence electrons. The summed E-state index contributed by atoms with van der Waals surface area (Å²) in [7, 11) is 3.73. The Hall–Kier alpha value is -2.10. The summed E-state index contributed by atoms with van der Waals surface area (Å²) in [6.07, 6.45) is 5.19. The molecule has 4 rings (SSSR count). The van der Waals surface area contributed by atoms with Crippen molar-refractivity contribution < 1.29 is 18.3 Å². The number of amides is 1. The lowest BCUT2D eigenvalue weighted by atomic mass is 10.1. The quantitative estimate of drug-likeness (QED) is 0.648. The highest BCUT2D eigenvalue weighted by molar-refractivity contribution is 7.80. The number of carbonyl (C=O) groups excluding carboxylic acids is 1. The molecule has 2 aliphatic heterocycles. The van der Waals surface area contributed by atoms with Crippen LogP contribution in [-0.2, 0) is 0 Å². The number of rotatable bonds is 6. The van der Waals surface area contributed by atoms with Gasteiger partial charge in [-0.1, -0.05) is 12.2 Å². The number of likely N-dealkylation sites (N-methyl/N-ethyl adjacent to an activating group) is 1. The molecule has 0 radical (unpaired) electrons. The fraction of sp³-hybridized carbons (Fsp3) is 0.684. The minimum atomic E-state index is -2.73. The number of alkyl halides is 2. The molecule has 10 heteroatoms. The first-order valence-corrected chi connectivity index (χ1v) is 10.3. The standard InChI is InChI=1S/C19H25F2N5O2S/c1-24(2)18(29)14-4-3-7-26(14)17(27)13-8-22-15(25-10-19(20,21)11-25)16(23-13)28-9-12-5-6-12/h8,12,14H,3-7,9-11H2,1-2H3/t14-/m1/s1. The van der Waals surface area contributed by atoms with Gasteiger partial charge in [0.2, 0.25) is 0 Å². The number of nitrogens with zero attached hydrogens (tertiary/aromatic N) is 5. The van der Waals surface area contributed by atoms with Crippen molar-refractivity contribution in [1.82, 2.24) is 19.8 Å². The van der Waals surface area contributed by atoms with Crippen molar-refractivity contribution in [2.75, 3.05) is 45.2 Å². The molecule has 0 unspecified atom stereocenters. The van der Waals surface area contributed by atoms with E-state index in [4.69, 9.17) is 17.0 Å². The van der Waals surface area contributed by atoms with Crippen molar-refractivity contribution in [2.45, 2.75) is 37.6 Å². The number of carbonyl (C=O) groups is 1. The Morgan fingerprint density at radius 3 is 2.69 bits per heavy atom. The molecule has 2 saturated heterocycles. The first-order valence-electron chi connectivity index (χ1n) is 9.90. The number of anilines is 1. The molecule has 3 aliphatic rings. The highest BCUT2D eigenvalue weighted by Crippen LogP contribution is 2.36. The van der Waals surface area contributed by atoms with Gasteiger partial charge >= 0.3 is 0 Å². The maximum Gasteiger partial charge on any atom is 0.282 e. The van der Waals surface area contributed by atoms with E-state index < -0.39 is 19.0 Å². The van der Waals surface area contributed by atoms with Crippen LogP contribution in [0.25, 0.3) is 0 Å². The van der Waals surface area contributed by atoms with E-state index in [9.17, 15) is 13.6 Å². The summed E-state index contributed by atoms with van der Waals surface area (Å²) < 4.78 is 32.4. The van der Waals surface area contributed by atoms with Gasteiger partial charge < -0.3 is 19.4 Å². The Labute approximate surface area is 174 Å². The zero-order chi connectivity index (χ0) is 20.8. The summed E-state index contributed by atoms with van der Waals surface area (Å²) in [5, 5.41) is 0. The lowest BCUT2D eigenvalue weighted by Gasteiger charge is -2.39. The van der Waals surface area contributed by atoms with Gasteiger partial charge in [-0.2, -0.15) is 0 Å². The van der Waals surface area contributed by atoms with Crippen molar-refractivity contribution in [3.63, 3.8) is 0 Å². The molecule has 0 N–H and O–H groups in total. The Morgan fingerprint density at radius 1 is 1.34 bits per heavy atom. The lowest BCUT2D eigenvalue weighted by molar-refractivity contribution is -0.0270. The average molecular weight is 426 g/mol. The minimum absolute atomic E-state index is 0.153. The molecule has 0 spiro atoms. The maximum atomic E-state index is 13.3. The fourth-order valence-corrected chi connectivity index (χ4v) is 3.88. The molecule has 1 atom stereocenters. The van der Waals surface area contributed by atoms with E-state index in [-0.39, 0.29) is 29.3 Å². The van der Waals surface area contributed by atoms with E-state index in [1.165, 1.54) is 11.1 Å². The second-order valence-corrected chi connectivity index (χ2v) is 8.66. The van der Waals surface area contributed by atoms with Crippen molar-refractivity contribution in [3.05, 3.63) is 11.9 Å². The van der Waals surface area contributed by atoms with E-state index in [0.717, 1.165) is 25.7 Å². The summed E-state index contributed by atoms with van der Waals surface area (Å²) in [5.41, 5.74) is 0.153. The molecule has 1 aliphatic carbocycles. The van der Waals surface area contributed by atoms with E-state index in [1.54, 1.807) is 4.90 Å².